The van der Waals surface area contributed by atoms with Crippen LogP contribution in [0.3, 0.4) is 0 Å². The Kier molecular flexibility index (Phi) is 5.44. The lowest BCUT2D eigenvalue weighted by Gasteiger charge is -2.21. The quantitative estimate of drug-likeness (QED) is 0.732. The second-order valence-electron chi connectivity index (χ2n) is 4.32. The summed E-state index contributed by atoms with van der Waals surface area (Å²) in [4.78, 5) is 0. The summed E-state index contributed by atoms with van der Waals surface area (Å²) in [6.07, 6.45) is 0. The lowest BCUT2D eigenvalue weighted by Crippen LogP contribution is -2.23. The molecule has 0 spiro atoms. The van der Waals surface area contributed by atoms with E-state index in [1.165, 1.54) is 6.07 Å². The Hall–Kier alpha value is -0.610. The number of nitrogens with one attached hydrogen (secondary N) is 1. The van der Waals surface area contributed by atoms with Gasteiger partial charge in [0.15, 0.2) is 0 Å². The summed E-state index contributed by atoms with van der Waals surface area (Å²) in [6, 6.07) is 9.89. The van der Waals surface area contributed by atoms with Crippen molar-refractivity contribution in [1.82, 2.24) is 5.32 Å². The highest BCUT2D eigenvalue weighted by atomic mass is 79.9. The molecule has 1 atom stereocenters. The average molecular weight is 377 g/mol. The predicted octanol–water partition coefficient (Wildman–Crippen LogP) is 5.59. The van der Waals surface area contributed by atoms with Gasteiger partial charge in [-0.2, -0.15) is 0 Å². The SMILES string of the molecule is CCNC(c1ccc(Cl)cc1F)c1cc(Br)ccc1Cl. The second-order valence-corrected chi connectivity index (χ2v) is 6.08. The van der Waals surface area contributed by atoms with E-state index in [1.54, 1.807) is 18.2 Å². The Morgan fingerprint density at radius 2 is 1.90 bits per heavy atom. The van der Waals surface area contributed by atoms with Crippen LogP contribution in [-0.2, 0) is 0 Å². The van der Waals surface area contributed by atoms with Gasteiger partial charge in [-0.25, -0.2) is 4.39 Å². The van der Waals surface area contributed by atoms with E-state index in [1.807, 2.05) is 19.1 Å². The van der Waals surface area contributed by atoms with Crippen molar-refractivity contribution in [3.8, 4) is 0 Å². The van der Waals surface area contributed by atoms with E-state index >= 15 is 0 Å². The van der Waals surface area contributed by atoms with E-state index in [0.717, 1.165) is 10.0 Å². The van der Waals surface area contributed by atoms with Gasteiger partial charge in [0.05, 0.1) is 6.04 Å². The zero-order chi connectivity index (χ0) is 14.7. The van der Waals surface area contributed by atoms with Crippen LogP contribution in [0, 0.1) is 5.82 Å². The fourth-order valence-corrected chi connectivity index (χ4v) is 2.83. The Labute approximate surface area is 136 Å². The predicted molar refractivity (Wildman–Crippen MR) is 86.1 cm³/mol. The highest BCUT2D eigenvalue weighted by molar-refractivity contribution is 9.10. The van der Waals surface area contributed by atoms with Gasteiger partial charge in [-0.15, -0.1) is 0 Å². The van der Waals surface area contributed by atoms with Crippen LogP contribution in [0.1, 0.15) is 24.1 Å². The molecule has 0 saturated carbocycles. The molecule has 0 aliphatic rings. The molecule has 106 valence electrons. The standard InChI is InChI=1S/C15H13BrCl2FN/c1-2-20-15(11-5-4-10(17)8-14(11)19)12-7-9(16)3-6-13(12)18/h3-8,15,20H,2H2,1H3. The Morgan fingerprint density at radius 1 is 1.15 bits per heavy atom. The van der Waals surface area contributed by atoms with Crippen molar-refractivity contribution in [2.75, 3.05) is 6.54 Å². The van der Waals surface area contributed by atoms with Crippen LogP contribution in [0.2, 0.25) is 10.0 Å². The number of hydrogen-bond acceptors (Lipinski definition) is 1. The highest BCUT2D eigenvalue weighted by Gasteiger charge is 2.20. The normalized spacial score (nSPS) is 12.4. The summed E-state index contributed by atoms with van der Waals surface area (Å²) in [5.41, 5.74) is 1.35. The molecule has 1 nitrogen and oxygen atoms in total. The van der Waals surface area contributed by atoms with Crippen molar-refractivity contribution >= 4 is 39.1 Å². The number of hydrogen-bond donors (Lipinski definition) is 1. The molecule has 1 N–H and O–H groups in total. The third kappa shape index (κ3) is 3.53. The lowest BCUT2D eigenvalue weighted by atomic mass is 9.98. The molecule has 0 fully saturated rings. The van der Waals surface area contributed by atoms with Gasteiger partial charge in [-0.1, -0.05) is 52.1 Å². The molecule has 0 aliphatic heterocycles. The first-order valence-electron chi connectivity index (χ1n) is 6.16. The van der Waals surface area contributed by atoms with E-state index < -0.39 is 0 Å². The smallest absolute Gasteiger partial charge is 0.129 e. The summed E-state index contributed by atoms with van der Waals surface area (Å²) in [6.45, 7) is 2.66. The minimum Gasteiger partial charge on any atom is -0.306 e. The van der Waals surface area contributed by atoms with Crippen LogP contribution < -0.4 is 5.32 Å². The van der Waals surface area contributed by atoms with Crippen molar-refractivity contribution in [2.45, 2.75) is 13.0 Å². The fourth-order valence-electron chi connectivity index (χ4n) is 2.06. The summed E-state index contributed by atoms with van der Waals surface area (Å²) in [5, 5.41) is 4.22. The summed E-state index contributed by atoms with van der Waals surface area (Å²) >= 11 is 15.5. The number of benzene rings is 2. The maximum Gasteiger partial charge on any atom is 0.129 e. The monoisotopic (exact) mass is 375 g/mol. The van der Waals surface area contributed by atoms with Crippen LogP contribution in [0.15, 0.2) is 40.9 Å². The van der Waals surface area contributed by atoms with Gasteiger partial charge in [-0.05, 0) is 42.4 Å². The van der Waals surface area contributed by atoms with Crippen LogP contribution >= 0.6 is 39.1 Å². The van der Waals surface area contributed by atoms with E-state index in [2.05, 4.69) is 21.2 Å². The summed E-state index contributed by atoms with van der Waals surface area (Å²) in [7, 11) is 0. The summed E-state index contributed by atoms with van der Waals surface area (Å²) < 4.78 is 15.1. The van der Waals surface area contributed by atoms with Gasteiger partial charge < -0.3 is 5.32 Å². The van der Waals surface area contributed by atoms with E-state index in [0.29, 0.717) is 22.2 Å². The topological polar surface area (TPSA) is 12.0 Å². The number of rotatable bonds is 4. The molecule has 0 aromatic heterocycles. The molecule has 0 bridgehead atoms. The molecular formula is C15H13BrCl2FN. The largest absolute Gasteiger partial charge is 0.306 e. The molecule has 0 amide bonds. The Bertz CT molecular complexity index is 619. The van der Waals surface area contributed by atoms with Crippen LogP contribution in [0.5, 0.6) is 0 Å². The molecule has 2 aromatic carbocycles. The van der Waals surface area contributed by atoms with Gasteiger partial charge in [0, 0.05) is 20.1 Å². The molecule has 0 saturated heterocycles. The van der Waals surface area contributed by atoms with Crippen molar-refractivity contribution in [3.05, 3.63) is 67.9 Å². The molecule has 0 aliphatic carbocycles. The molecule has 0 radical (unpaired) electrons. The molecule has 0 heterocycles. The molecule has 2 aromatic rings. The molecular weight excluding hydrogens is 364 g/mol. The maximum absolute atomic E-state index is 14.2. The molecule has 1 unspecified atom stereocenters. The Morgan fingerprint density at radius 3 is 2.55 bits per heavy atom. The summed E-state index contributed by atoms with van der Waals surface area (Å²) in [5.74, 6) is -0.348. The van der Waals surface area contributed by atoms with Gasteiger partial charge in [0.2, 0.25) is 0 Å². The first kappa shape index (κ1) is 15.8. The van der Waals surface area contributed by atoms with Crippen LogP contribution in [0.4, 0.5) is 4.39 Å². The zero-order valence-electron chi connectivity index (χ0n) is 10.8. The number of halogens is 4. The molecule has 20 heavy (non-hydrogen) atoms. The van der Waals surface area contributed by atoms with Gasteiger partial charge >= 0.3 is 0 Å². The van der Waals surface area contributed by atoms with Crippen molar-refractivity contribution < 1.29 is 4.39 Å². The zero-order valence-corrected chi connectivity index (χ0v) is 13.9. The van der Waals surface area contributed by atoms with Crippen molar-refractivity contribution in [2.24, 2.45) is 0 Å². The van der Waals surface area contributed by atoms with E-state index in [-0.39, 0.29) is 11.9 Å². The average Bonchev–Trinajstić information content (AvgIpc) is 2.40. The van der Waals surface area contributed by atoms with Gasteiger partial charge in [0.25, 0.3) is 0 Å². The van der Waals surface area contributed by atoms with E-state index in [9.17, 15) is 4.39 Å². The molecule has 5 heteroatoms. The molecule has 2 rings (SSSR count). The van der Waals surface area contributed by atoms with E-state index in [4.69, 9.17) is 23.2 Å². The second kappa shape index (κ2) is 6.90. The highest BCUT2D eigenvalue weighted by Crippen LogP contribution is 2.32. The third-order valence-corrected chi connectivity index (χ3v) is 4.02. The fraction of sp³-hybridized carbons (Fsp3) is 0.200. The van der Waals surface area contributed by atoms with Crippen LogP contribution in [0.25, 0.3) is 0 Å². The first-order valence-corrected chi connectivity index (χ1v) is 7.71. The lowest BCUT2D eigenvalue weighted by molar-refractivity contribution is 0.559. The van der Waals surface area contributed by atoms with Gasteiger partial charge in [0.1, 0.15) is 5.82 Å². The third-order valence-electron chi connectivity index (χ3n) is 2.95. The van der Waals surface area contributed by atoms with Gasteiger partial charge in [-0.3, -0.25) is 0 Å². The van der Waals surface area contributed by atoms with Crippen molar-refractivity contribution in [1.29, 1.82) is 0 Å². The first-order chi connectivity index (χ1) is 9.52. The van der Waals surface area contributed by atoms with Crippen molar-refractivity contribution in [3.63, 3.8) is 0 Å². The minimum absolute atomic E-state index is 0.317. The maximum atomic E-state index is 14.2. The minimum atomic E-state index is -0.348. The van der Waals surface area contributed by atoms with Crippen LogP contribution in [-0.4, -0.2) is 6.54 Å². The Balaban J connectivity index is 2.53.